The molecule has 1 atom stereocenters. The lowest BCUT2D eigenvalue weighted by atomic mass is 9.92. The molecular formula is C18H21N3O5. The van der Waals surface area contributed by atoms with E-state index in [1.807, 2.05) is 0 Å². The lowest BCUT2D eigenvalue weighted by molar-refractivity contribution is -0.385. The molecule has 1 aliphatic heterocycles. The lowest BCUT2D eigenvalue weighted by Crippen LogP contribution is -2.43. The van der Waals surface area contributed by atoms with Gasteiger partial charge in [0.25, 0.3) is 5.69 Å². The Morgan fingerprint density at radius 2 is 1.92 bits per heavy atom. The van der Waals surface area contributed by atoms with Gasteiger partial charge in [-0.2, -0.15) is 0 Å². The molecule has 138 valence electrons. The first-order valence-electron chi connectivity index (χ1n) is 8.31. The number of hydrogen-bond acceptors (Lipinski definition) is 6. The van der Waals surface area contributed by atoms with E-state index in [-0.39, 0.29) is 35.8 Å². The second kappa shape index (κ2) is 7.90. The summed E-state index contributed by atoms with van der Waals surface area (Å²) in [5, 5.41) is 11.5. The fourth-order valence-electron chi connectivity index (χ4n) is 3.01. The number of ether oxygens (including phenoxy) is 1. The summed E-state index contributed by atoms with van der Waals surface area (Å²) in [5.74, 6) is -0.549. The van der Waals surface area contributed by atoms with Gasteiger partial charge in [0.15, 0.2) is 0 Å². The van der Waals surface area contributed by atoms with Gasteiger partial charge in [0.2, 0.25) is 5.91 Å². The molecule has 26 heavy (non-hydrogen) atoms. The van der Waals surface area contributed by atoms with Gasteiger partial charge in [-0.1, -0.05) is 19.1 Å². The monoisotopic (exact) mass is 359 g/mol. The Labute approximate surface area is 151 Å². The van der Waals surface area contributed by atoms with E-state index in [0.29, 0.717) is 11.5 Å². The number of benzene rings is 1. The van der Waals surface area contributed by atoms with Crippen LogP contribution < -0.4 is 0 Å². The highest BCUT2D eigenvalue weighted by molar-refractivity contribution is 6.03. The number of amides is 1. The summed E-state index contributed by atoms with van der Waals surface area (Å²) >= 11 is 0. The molecule has 0 aromatic heterocycles. The van der Waals surface area contributed by atoms with Crippen LogP contribution in [0.15, 0.2) is 40.5 Å². The summed E-state index contributed by atoms with van der Waals surface area (Å²) in [5.41, 5.74) is 0.587. The molecular weight excluding hydrogens is 338 g/mol. The first kappa shape index (κ1) is 19.3. The van der Waals surface area contributed by atoms with Gasteiger partial charge in [0.1, 0.15) is 11.9 Å². The third kappa shape index (κ3) is 3.49. The molecule has 0 bridgehead atoms. The Morgan fingerprint density at radius 3 is 2.50 bits per heavy atom. The van der Waals surface area contributed by atoms with Crippen LogP contribution >= 0.6 is 0 Å². The quantitative estimate of drug-likeness (QED) is 0.456. The van der Waals surface area contributed by atoms with Crippen molar-refractivity contribution in [3.63, 3.8) is 0 Å². The SMILES string of the molecule is CCOC(=O)C1=C(C)N=C(C)N(C(=O)CC)C1c1ccccc1[N+](=O)[O-]. The number of nitro benzene ring substituents is 1. The largest absolute Gasteiger partial charge is 0.463 e. The minimum absolute atomic E-state index is 0.133. The van der Waals surface area contributed by atoms with Gasteiger partial charge in [0, 0.05) is 12.5 Å². The molecule has 8 heteroatoms. The predicted octanol–water partition coefficient (Wildman–Crippen LogP) is 3.14. The molecule has 0 saturated carbocycles. The molecule has 1 unspecified atom stereocenters. The van der Waals surface area contributed by atoms with E-state index in [9.17, 15) is 19.7 Å². The highest BCUT2D eigenvalue weighted by atomic mass is 16.6. The van der Waals surface area contributed by atoms with Crippen LogP contribution in [0.3, 0.4) is 0 Å². The molecule has 0 spiro atoms. The average molecular weight is 359 g/mol. The zero-order valence-electron chi connectivity index (χ0n) is 15.2. The first-order valence-corrected chi connectivity index (χ1v) is 8.31. The molecule has 1 heterocycles. The van der Waals surface area contributed by atoms with Gasteiger partial charge in [-0.25, -0.2) is 9.79 Å². The number of para-hydroxylation sites is 1. The van der Waals surface area contributed by atoms with Crippen molar-refractivity contribution in [1.29, 1.82) is 0 Å². The topological polar surface area (TPSA) is 102 Å². The van der Waals surface area contributed by atoms with Crippen molar-refractivity contribution in [3.8, 4) is 0 Å². The van der Waals surface area contributed by atoms with Crippen LogP contribution in [0.5, 0.6) is 0 Å². The maximum atomic E-state index is 12.6. The Kier molecular flexibility index (Phi) is 5.86. The van der Waals surface area contributed by atoms with Crippen molar-refractivity contribution in [2.75, 3.05) is 6.61 Å². The Morgan fingerprint density at radius 1 is 1.27 bits per heavy atom. The first-order chi connectivity index (χ1) is 12.3. The van der Waals surface area contributed by atoms with Gasteiger partial charge in [0.05, 0.1) is 28.4 Å². The van der Waals surface area contributed by atoms with Crippen LogP contribution in [-0.4, -0.2) is 34.1 Å². The molecule has 0 aliphatic carbocycles. The number of carbonyl (C=O) groups is 2. The van der Waals surface area contributed by atoms with Gasteiger partial charge in [-0.3, -0.25) is 19.8 Å². The Hall–Kier alpha value is -3.03. The second-order valence-electron chi connectivity index (χ2n) is 5.71. The molecule has 1 amide bonds. The number of hydrogen-bond donors (Lipinski definition) is 0. The maximum Gasteiger partial charge on any atom is 0.338 e. The number of carbonyl (C=O) groups excluding carboxylic acids is 2. The Bertz CT molecular complexity index is 813. The maximum absolute atomic E-state index is 12.6. The molecule has 1 aromatic carbocycles. The summed E-state index contributed by atoms with van der Waals surface area (Å²) in [4.78, 5) is 41.8. The lowest BCUT2D eigenvalue weighted by Gasteiger charge is -2.35. The molecule has 2 rings (SSSR count). The van der Waals surface area contributed by atoms with Crippen LogP contribution in [0.4, 0.5) is 5.69 Å². The van der Waals surface area contributed by atoms with Crippen molar-refractivity contribution in [1.82, 2.24) is 4.90 Å². The third-order valence-electron chi connectivity index (χ3n) is 4.09. The third-order valence-corrected chi connectivity index (χ3v) is 4.09. The number of nitrogens with zero attached hydrogens (tertiary/aromatic N) is 3. The summed E-state index contributed by atoms with van der Waals surface area (Å²) in [6.07, 6.45) is 0.166. The van der Waals surface area contributed by atoms with E-state index in [1.165, 1.54) is 17.0 Å². The van der Waals surface area contributed by atoms with Crippen LogP contribution in [-0.2, 0) is 14.3 Å². The number of esters is 1. The second-order valence-corrected chi connectivity index (χ2v) is 5.71. The normalized spacial score (nSPS) is 17.0. The van der Waals surface area contributed by atoms with Crippen LogP contribution in [0.2, 0.25) is 0 Å². The van der Waals surface area contributed by atoms with Crippen molar-refractivity contribution in [3.05, 3.63) is 51.2 Å². The molecule has 0 saturated heterocycles. The van der Waals surface area contributed by atoms with E-state index in [4.69, 9.17) is 4.74 Å². The number of nitro groups is 1. The smallest absolute Gasteiger partial charge is 0.338 e. The Balaban J connectivity index is 2.76. The van der Waals surface area contributed by atoms with Crippen LogP contribution in [0, 0.1) is 10.1 Å². The zero-order valence-corrected chi connectivity index (χ0v) is 15.2. The number of rotatable bonds is 5. The number of amidine groups is 1. The van der Waals surface area contributed by atoms with Crippen molar-refractivity contribution >= 4 is 23.4 Å². The molecule has 0 fully saturated rings. The molecule has 1 aromatic rings. The van der Waals surface area contributed by atoms with Crippen molar-refractivity contribution in [2.45, 2.75) is 40.2 Å². The highest BCUT2D eigenvalue weighted by Gasteiger charge is 2.40. The standard InChI is InChI=1S/C18H21N3O5/c1-5-15(22)20-12(4)19-11(3)16(18(23)26-6-2)17(20)13-9-7-8-10-14(13)21(24)25/h7-10,17H,5-6H2,1-4H3. The predicted molar refractivity (Wildman–Crippen MR) is 95.4 cm³/mol. The van der Waals surface area contributed by atoms with Gasteiger partial charge in [-0.05, 0) is 26.8 Å². The summed E-state index contributed by atoms with van der Waals surface area (Å²) in [6, 6.07) is 5.11. The van der Waals surface area contributed by atoms with Crippen LogP contribution in [0.25, 0.3) is 0 Å². The summed E-state index contributed by atoms with van der Waals surface area (Å²) < 4.78 is 5.13. The van der Waals surface area contributed by atoms with E-state index in [1.54, 1.807) is 39.8 Å². The fraction of sp³-hybridized carbons (Fsp3) is 0.389. The highest BCUT2D eigenvalue weighted by Crippen LogP contribution is 2.39. The average Bonchev–Trinajstić information content (AvgIpc) is 2.60. The van der Waals surface area contributed by atoms with Gasteiger partial charge >= 0.3 is 5.97 Å². The van der Waals surface area contributed by atoms with Crippen molar-refractivity contribution in [2.24, 2.45) is 4.99 Å². The number of allylic oxidation sites excluding steroid dienone is 1. The summed E-state index contributed by atoms with van der Waals surface area (Å²) in [6.45, 7) is 6.76. The molecule has 0 radical (unpaired) electrons. The van der Waals surface area contributed by atoms with Gasteiger partial charge < -0.3 is 4.74 Å². The van der Waals surface area contributed by atoms with E-state index < -0.39 is 16.9 Å². The van der Waals surface area contributed by atoms with Crippen LogP contribution in [0.1, 0.15) is 45.7 Å². The number of aliphatic imine (C=N–C) groups is 1. The zero-order chi connectivity index (χ0) is 19.4. The van der Waals surface area contributed by atoms with Gasteiger partial charge in [-0.15, -0.1) is 0 Å². The molecule has 0 N–H and O–H groups in total. The van der Waals surface area contributed by atoms with Crippen molar-refractivity contribution < 1.29 is 19.2 Å². The molecule has 8 nitrogen and oxygen atoms in total. The van der Waals surface area contributed by atoms with E-state index in [0.717, 1.165) is 0 Å². The summed E-state index contributed by atoms with van der Waals surface area (Å²) in [7, 11) is 0. The minimum atomic E-state index is -0.958. The van der Waals surface area contributed by atoms with E-state index in [2.05, 4.69) is 4.99 Å². The van der Waals surface area contributed by atoms with E-state index >= 15 is 0 Å². The fourth-order valence-corrected chi connectivity index (χ4v) is 3.01. The minimum Gasteiger partial charge on any atom is -0.463 e. The molecule has 1 aliphatic rings.